The number of aromatic nitrogens is 2. The highest BCUT2D eigenvalue weighted by Gasteiger charge is 2.26. The fraction of sp³-hybridized carbons (Fsp3) is 0.333. The van der Waals surface area contributed by atoms with E-state index in [-0.39, 0.29) is 18.3 Å². The van der Waals surface area contributed by atoms with Crippen molar-refractivity contribution >= 4 is 18.4 Å². The molecule has 1 aromatic carbocycles. The lowest BCUT2D eigenvalue weighted by Crippen LogP contribution is -2.25. The Labute approximate surface area is 123 Å². The molecule has 1 atom stereocenters. The van der Waals surface area contributed by atoms with E-state index in [0.29, 0.717) is 12.8 Å². The average Bonchev–Trinajstić information content (AvgIpc) is 2.81. The van der Waals surface area contributed by atoms with Crippen molar-refractivity contribution in [2.24, 2.45) is 5.92 Å². The van der Waals surface area contributed by atoms with Crippen LogP contribution in [0, 0.1) is 12.8 Å². The van der Waals surface area contributed by atoms with Crippen molar-refractivity contribution in [1.29, 1.82) is 0 Å². The molecular formula is C15H17ClN2O2. The van der Waals surface area contributed by atoms with E-state index in [9.17, 15) is 4.79 Å². The molecule has 0 spiro atoms. The van der Waals surface area contributed by atoms with Gasteiger partial charge in [0, 0.05) is 30.4 Å². The first-order chi connectivity index (χ1) is 9.15. The van der Waals surface area contributed by atoms with E-state index in [4.69, 9.17) is 5.11 Å². The minimum absolute atomic E-state index is 0. The monoisotopic (exact) mass is 292 g/mol. The summed E-state index contributed by atoms with van der Waals surface area (Å²) in [4.78, 5) is 15.5. The van der Waals surface area contributed by atoms with Gasteiger partial charge in [0.15, 0.2) is 0 Å². The molecule has 1 aliphatic rings. The summed E-state index contributed by atoms with van der Waals surface area (Å²) in [5, 5.41) is 9.09. The van der Waals surface area contributed by atoms with Crippen LogP contribution in [0.4, 0.5) is 0 Å². The van der Waals surface area contributed by atoms with Gasteiger partial charge in [-0.05, 0) is 19.4 Å². The van der Waals surface area contributed by atoms with Gasteiger partial charge < -0.3 is 9.67 Å². The summed E-state index contributed by atoms with van der Waals surface area (Å²) in [7, 11) is 0. The Morgan fingerprint density at radius 3 is 2.95 bits per heavy atom. The van der Waals surface area contributed by atoms with Gasteiger partial charge in [-0.2, -0.15) is 0 Å². The number of benzene rings is 1. The van der Waals surface area contributed by atoms with Crippen LogP contribution < -0.4 is 0 Å². The zero-order chi connectivity index (χ0) is 13.4. The lowest BCUT2D eigenvalue weighted by Gasteiger charge is -2.22. The first-order valence-electron chi connectivity index (χ1n) is 6.49. The number of halogens is 1. The molecule has 0 radical (unpaired) electrons. The number of imidazole rings is 1. The Balaban J connectivity index is 0.00000147. The molecule has 3 rings (SSSR count). The summed E-state index contributed by atoms with van der Waals surface area (Å²) in [6.45, 7) is 2.79. The van der Waals surface area contributed by atoms with Gasteiger partial charge in [-0.1, -0.05) is 23.8 Å². The number of rotatable bonds is 2. The van der Waals surface area contributed by atoms with E-state index in [1.165, 1.54) is 5.56 Å². The van der Waals surface area contributed by atoms with Gasteiger partial charge in [-0.15, -0.1) is 12.4 Å². The van der Waals surface area contributed by atoms with E-state index >= 15 is 0 Å². The van der Waals surface area contributed by atoms with Gasteiger partial charge in [0.1, 0.15) is 5.82 Å². The highest BCUT2D eigenvalue weighted by Crippen LogP contribution is 2.27. The van der Waals surface area contributed by atoms with Crippen LogP contribution in [0.15, 0.2) is 30.5 Å². The summed E-state index contributed by atoms with van der Waals surface area (Å²) in [6, 6.07) is 8.24. The van der Waals surface area contributed by atoms with E-state index in [1.807, 2.05) is 18.3 Å². The van der Waals surface area contributed by atoms with Gasteiger partial charge in [-0.25, -0.2) is 4.98 Å². The topological polar surface area (TPSA) is 55.1 Å². The summed E-state index contributed by atoms with van der Waals surface area (Å²) in [6.07, 6.45) is 3.07. The van der Waals surface area contributed by atoms with Gasteiger partial charge in [0.05, 0.1) is 5.92 Å². The molecule has 1 unspecified atom stereocenters. The smallest absolute Gasteiger partial charge is 0.306 e. The molecule has 1 aromatic heterocycles. The maximum atomic E-state index is 11.1. The molecule has 2 heterocycles. The lowest BCUT2D eigenvalue weighted by molar-refractivity contribution is -0.142. The van der Waals surface area contributed by atoms with Gasteiger partial charge >= 0.3 is 5.97 Å². The van der Waals surface area contributed by atoms with Crippen LogP contribution in [-0.2, 0) is 17.8 Å². The first kappa shape index (κ1) is 14.6. The largest absolute Gasteiger partial charge is 0.481 e. The maximum absolute atomic E-state index is 11.1. The predicted molar refractivity (Wildman–Crippen MR) is 79.1 cm³/mol. The molecule has 20 heavy (non-hydrogen) atoms. The summed E-state index contributed by atoms with van der Waals surface area (Å²) in [5.41, 5.74) is 3.32. The number of hydrogen-bond donors (Lipinski definition) is 1. The lowest BCUT2D eigenvalue weighted by atomic mass is 9.96. The van der Waals surface area contributed by atoms with Crippen LogP contribution in [0.5, 0.6) is 0 Å². The maximum Gasteiger partial charge on any atom is 0.306 e. The molecule has 4 nitrogen and oxygen atoms in total. The van der Waals surface area contributed by atoms with E-state index in [1.54, 1.807) is 0 Å². The number of fused-ring (bicyclic) bond motifs is 1. The zero-order valence-electron chi connectivity index (χ0n) is 11.2. The second-order valence-electron chi connectivity index (χ2n) is 5.12. The molecule has 106 valence electrons. The number of carbonyl (C=O) groups is 1. The molecule has 0 aliphatic carbocycles. The fourth-order valence-electron chi connectivity index (χ4n) is 2.69. The standard InChI is InChI=1S/C15H16N2O2.ClH/c1-10-3-2-4-11(7-10)14-16-9-13-8-12(15(18)19)5-6-17(13)14;/h2-4,7,9,12H,5-6,8H2,1H3,(H,18,19);1H. The van der Waals surface area contributed by atoms with Crippen LogP contribution in [0.1, 0.15) is 17.7 Å². The van der Waals surface area contributed by atoms with Crippen LogP contribution >= 0.6 is 12.4 Å². The molecule has 0 fully saturated rings. The highest BCUT2D eigenvalue weighted by atomic mass is 35.5. The molecule has 0 saturated heterocycles. The second-order valence-corrected chi connectivity index (χ2v) is 5.12. The van der Waals surface area contributed by atoms with E-state index < -0.39 is 5.97 Å². The Morgan fingerprint density at radius 1 is 1.45 bits per heavy atom. The van der Waals surface area contributed by atoms with Crippen molar-refractivity contribution in [1.82, 2.24) is 9.55 Å². The third-order valence-corrected chi connectivity index (χ3v) is 3.72. The molecular weight excluding hydrogens is 276 g/mol. The third-order valence-electron chi connectivity index (χ3n) is 3.72. The van der Waals surface area contributed by atoms with Gasteiger partial charge in [-0.3, -0.25) is 4.79 Å². The Bertz CT molecular complexity index is 637. The van der Waals surface area contributed by atoms with Crippen molar-refractivity contribution in [3.05, 3.63) is 41.7 Å². The summed E-state index contributed by atoms with van der Waals surface area (Å²) in [5.74, 6) is -0.0262. The molecule has 5 heteroatoms. The Hall–Kier alpha value is -1.81. The molecule has 2 aromatic rings. The highest BCUT2D eigenvalue weighted by molar-refractivity contribution is 5.85. The average molecular weight is 293 g/mol. The van der Waals surface area contributed by atoms with E-state index in [2.05, 4.69) is 28.6 Å². The van der Waals surface area contributed by atoms with Gasteiger partial charge in [0.25, 0.3) is 0 Å². The van der Waals surface area contributed by atoms with Crippen molar-refractivity contribution in [3.63, 3.8) is 0 Å². The van der Waals surface area contributed by atoms with Crippen molar-refractivity contribution in [3.8, 4) is 11.4 Å². The quantitative estimate of drug-likeness (QED) is 0.926. The van der Waals surface area contributed by atoms with Crippen molar-refractivity contribution in [2.45, 2.75) is 26.3 Å². The number of carboxylic acid groups (broad SMARTS) is 1. The van der Waals surface area contributed by atoms with Crippen LogP contribution in [-0.4, -0.2) is 20.6 Å². The summed E-state index contributed by atoms with van der Waals surface area (Å²) < 4.78 is 2.15. The molecule has 0 bridgehead atoms. The Morgan fingerprint density at radius 2 is 2.25 bits per heavy atom. The van der Waals surface area contributed by atoms with Crippen LogP contribution in [0.25, 0.3) is 11.4 Å². The zero-order valence-corrected chi connectivity index (χ0v) is 12.1. The molecule has 1 N–H and O–H groups in total. The third kappa shape index (κ3) is 2.56. The van der Waals surface area contributed by atoms with Crippen LogP contribution in [0.3, 0.4) is 0 Å². The number of carboxylic acids is 1. The molecule has 1 aliphatic heterocycles. The van der Waals surface area contributed by atoms with E-state index in [0.717, 1.165) is 23.6 Å². The van der Waals surface area contributed by atoms with Gasteiger partial charge in [0.2, 0.25) is 0 Å². The number of hydrogen-bond acceptors (Lipinski definition) is 2. The first-order valence-corrected chi connectivity index (χ1v) is 6.49. The predicted octanol–water partition coefficient (Wildman–Crippen LogP) is 2.93. The molecule has 0 amide bonds. The minimum atomic E-state index is -0.704. The second kappa shape index (κ2) is 5.67. The van der Waals surface area contributed by atoms with Crippen LogP contribution in [0.2, 0.25) is 0 Å². The number of aliphatic carboxylic acids is 1. The van der Waals surface area contributed by atoms with Crippen molar-refractivity contribution in [2.75, 3.05) is 0 Å². The minimum Gasteiger partial charge on any atom is -0.481 e. The summed E-state index contributed by atoms with van der Waals surface area (Å²) >= 11 is 0. The molecule has 0 saturated carbocycles. The normalized spacial score (nSPS) is 17.1. The SMILES string of the molecule is Cc1cccc(-c2ncc3n2CCC(C(=O)O)C3)c1.Cl. The number of nitrogens with zero attached hydrogens (tertiary/aromatic N) is 2. The Kier molecular flexibility index (Phi) is 4.14. The van der Waals surface area contributed by atoms with Crippen molar-refractivity contribution < 1.29 is 9.90 Å². The number of aryl methyl sites for hydroxylation is 1. The fourth-order valence-corrected chi connectivity index (χ4v) is 2.69.